The standard InChI is InChI=1S/C14H9Cl2NO/c1-9-2-5-14(13(16)6-9)18-11-4-3-10(8-17)12(15)7-11/h2-7H,1H3. The first-order chi connectivity index (χ1) is 8.60. The van der Waals surface area contributed by atoms with Crippen LogP contribution in [0.15, 0.2) is 36.4 Å². The van der Waals surface area contributed by atoms with Gasteiger partial charge in [0, 0.05) is 6.07 Å². The molecule has 0 aliphatic carbocycles. The zero-order valence-electron chi connectivity index (χ0n) is 9.58. The summed E-state index contributed by atoms with van der Waals surface area (Å²) in [6.45, 7) is 1.95. The van der Waals surface area contributed by atoms with Crippen molar-refractivity contribution < 1.29 is 4.74 Å². The van der Waals surface area contributed by atoms with E-state index in [9.17, 15) is 0 Å². The maximum atomic E-state index is 8.78. The van der Waals surface area contributed by atoms with E-state index in [-0.39, 0.29) is 0 Å². The Bertz CT molecular complexity index is 632. The molecule has 2 rings (SSSR count). The third kappa shape index (κ3) is 2.76. The van der Waals surface area contributed by atoms with E-state index >= 15 is 0 Å². The average molecular weight is 278 g/mol. The summed E-state index contributed by atoms with van der Waals surface area (Å²) >= 11 is 12.0. The molecule has 0 amide bonds. The number of benzene rings is 2. The highest BCUT2D eigenvalue weighted by Crippen LogP contribution is 2.31. The molecule has 0 unspecified atom stereocenters. The van der Waals surface area contributed by atoms with Gasteiger partial charge >= 0.3 is 0 Å². The highest BCUT2D eigenvalue weighted by molar-refractivity contribution is 6.32. The Hall–Kier alpha value is -1.69. The Morgan fingerprint density at radius 1 is 1.06 bits per heavy atom. The molecule has 0 saturated carbocycles. The van der Waals surface area contributed by atoms with E-state index in [1.165, 1.54) is 0 Å². The molecule has 2 aromatic rings. The minimum absolute atomic E-state index is 0.359. The first-order valence-electron chi connectivity index (χ1n) is 5.24. The van der Waals surface area contributed by atoms with Crippen LogP contribution in [0.25, 0.3) is 0 Å². The van der Waals surface area contributed by atoms with E-state index in [1.54, 1.807) is 24.3 Å². The van der Waals surface area contributed by atoms with Crippen LogP contribution in [-0.4, -0.2) is 0 Å². The van der Waals surface area contributed by atoms with Gasteiger partial charge in [-0.05, 0) is 36.8 Å². The van der Waals surface area contributed by atoms with Crippen LogP contribution in [0.1, 0.15) is 11.1 Å². The van der Waals surface area contributed by atoms with E-state index in [4.69, 9.17) is 33.2 Å². The molecule has 0 saturated heterocycles. The quantitative estimate of drug-likeness (QED) is 0.777. The molecule has 0 radical (unpaired) electrons. The van der Waals surface area contributed by atoms with Gasteiger partial charge < -0.3 is 4.74 Å². The number of nitriles is 1. The summed E-state index contributed by atoms with van der Waals surface area (Å²) in [5.74, 6) is 1.10. The van der Waals surface area contributed by atoms with Gasteiger partial charge in [0.15, 0.2) is 0 Å². The lowest BCUT2D eigenvalue weighted by Gasteiger charge is -2.08. The molecule has 2 nitrogen and oxygen atoms in total. The summed E-state index contributed by atoms with van der Waals surface area (Å²) in [5.41, 5.74) is 1.48. The lowest BCUT2D eigenvalue weighted by Crippen LogP contribution is -1.87. The maximum absolute atomic E-state index is 8.78. The summed E-state index contributed by atoms with van der Waals surface area (Å²) in [6, 6.07) is 12.4. The van der Waals surface area contributed by atoms with Crippen LogP contribution >= 0.6 is 23.2 Å². The Labute approximate surface area is 115 Å². The van der Waals surface area contributed by atoms with E-state index in [2.05, 4.69) is 0 Å². The van der Waals surface area contributed by atoms with Crippen LogP contribution < -0.4 is 4.74 Å². The Balaban J connectivity index is 2.29. The van der Waals surface area contributed by atoms with Crippen LogP contribution in [0, 0.1) is 18.3 Å². The van der Waals surface area contributed by atoms with Gasteiger partial charge in [-0.1, -0.05) is 29.3 Å². The number of hydrogen-bond donors (Lipinski definition) is 0. The first kappa shape index (κ1) is 12.8. The van der Waals surface area contributed by atoms with Crippen molar-refractivity contribution in [2.45, 2.75) is 6.92 Å². The number of aryl methyl sites for hydroxylation is 1. The monoisotopic (exact) mass is 277 g/mol. The number of ether oxygens (including phenoxy) is 1. The molecular weight excluding hydrogens is 269 g/mol. The highest BCUT2D eigenvalue weighted by Gasteiger charge is 2.06. The van der Waals surface area contributed by atoms with Crippen molar-refractivity contribution in [2.24, 2.45) is 0 Å². The fraction of sp³-hybridized carbons (Fsp3) is 0.0714. The van der Waals surface area contributed by atoms with Gasteiger partial charge in [-0.25, -0.2) is 0 Å². The van der Waals surface area contributed by atoms with Crippen molar-refractivity contribution in [3.63, 3.8) is 0 Å². The minimum Gasteiger partial charge on any atom is -0.456 e. The topological polar surface area (TPSA) is 33.0 Å². The van der Waals surface area contributed by atoms with E-state index in [0.29, 0.717) is 27.1 Å². The number of nitrogens with zero attached hydrogens (tertiary/aromatic N) is 1. The van der Waals surface area contributed by atoms with E-state index in [0.717, 1.165) is 5.56 Å². The van der Waals surface area contributed by atoms with Crippen molar-refractivity contribution in [1.29, 1.82) is 5.26 Å². The predicted molar refractivity (Wildman–Crippen MR) is 72.4 cm³/mol. The number of halogens is 2. The zero-order chi connectivity index (χ0) is 13.1. The molecule has 4 heteroatoms. The Kier molecular flexibility index (Phi) is 3.76. The van der Waals surface area contributed by atoms with Crippen LogP contribution in [-0.2, 0) is 0 Å². The molecule has 0 fully saturated rings. The van der Waals surface area contributed by atoms with Crippen LogP contribution in [0.5, 0.6) is 11.5 Å². The van der Waals surface area contributed by atoms with Gasteiger partial charge in [0.25, 0.3) is 0 Å². The molecule has 0 aliphatic heterocycles. The Morgan fingerprint density at radius 2 is 1.83 bits per heavy atom. The fourth-order valence-corrected chi connectivity index (χ4v) is 1.95. The fourth-order valence-electron chi connectivity index (χ4n) is 1.47. The largest absolute Gasteiger partial charge is 0.456 e. The summed E-state index contributed by atoms with van der Waals surface area (Å²) in [4.78, 5) is 0. The lowest BCUT2D eigenvalue weighted by molar-refractivity contribution is 0.483. The number of rotatable bonds is 2. The second-order valence-electron chi connectivity index (χ2n) is 3.79. The molecule has 0 N–H and O–H groups in total. The molecule has 0 bridgehead atoms. The molecular formula is C14H9Cl2NO. The van der Waals surface area contributed by atoms with Gasteiger partial charge in [0.2, 0.25) is 0 Å². The lowest BCUT2D eigenvalue weighted by atomic mass is 10.2. The average Bonchev–Trinajstić information content (AvgIpc) is 2.33. The third-order valence-corrected chi connectivity index (χ3v) is 2.98. The molecule has 0 heterocycles. The molecule has 0 spiro atoms. The second kappa shape index (κ2) is 5.30. The van der Waals surface area contributed by atoms with Crippen LogP contribution in [0.3, 0.4) is 0 Å². The zero-order valence-corrected chi connectivity index (χ0v) is 11.1. The van der Waals surface area contributed by atoms with Gasteiger partial charge in [-0.3, -0.25) is 0 Å². The van der Waals surface area contributed by atoms with Crippen molar-refractivity contribution in [3.05, 3.63) is 57.6 Å². The third-order valence-electron chi connectivity index (χ3n) is 2.38. The SMILES string of the molecule is Cc1ccc(Oc2ccc(C#N)c(Cl)c2)c(Cl)c1. The maximum Gasteiger partial charge on any atom is 0.146 e. The summed E-state index contributed by atoms with van der Waals surface area (Å²) in [6.07, 6.45) is 0. The predicted octanol–water partition coefficient (Wildman–Crippen LogP) is 4.97. The van der Waals surface area contributed by atoms with Gasteiger partial charge in [0.05, 0.1) is 15.6 Å². The van der Waals surface area contributed by atoms with E-state index in [1.807, 2.05) is 25.1 Å². The molecule has 0 aromatic heterocycles. The molecule has 2 aromatic carbocycles. The normalized spacial score (nSPS) is 9.89. The summed E-state index contributed by atoms with van der Waals surface area (Å²) in [5, 5.41) is 9.67. The van der Waals surface area contributed by atoms with Crippen molar-refractivity contribution >= 4 is 23.2 Å². The van der Waals surface area contributed by atoms with Gasteiger partial charge in [0.1, 0.15) is 17.6 Å². The van der Waals surface area contributed by atoms with Gasteiger partial charge in [-0.15, -0.1) is 0 Å². The van der Waals surface area contributed by atoms with Crippen molar-refractivity contribution in [1.82, 2.24) is 0 Å². The number of hydrogen-bond acceptors (Lipinski definition) is 2. The molecule has 90 valence electrons. The van der Waals surface area contributed by atoms with Crippen LogP contribution in [0.4, 0.5) is 0 Å². The van der Waals surface area contributed by atoms with Crippen molar-refractivity contribution in [2.75, 3.05) is 0 Å². The highest BCUT2D eigenvalue weighted by atomic mass is 35.5. The van der Waals surface area contributed by atoms with E-state index < -0.39 is 0 Å². The molecule has 0 aliphatic rings. The summed E-state index contributed by atoms with van der Waals surface area (Å²) in [7, 11) is 0. The molecule has 0 atom stereocenters. The van der Waals surface area contributed by atoms with Crippen LogP contribution in [0.2, 0.25) is 10.0 Å². The minimum atomic E-state index is 0.359. The Morgan fingerprint density at radius 3 is 2.44 bits per heavy atom. The second-order valence-corrected chi connectivity index (χ2v) is 4.60. The first-order valence-corrected chi connectivity index (χ1v) is 5.99. The summed E-state index contributed by atoms with van der Waals surface area (Å²) < 4.78 is 5.62. The van der Waals surface area contributed by atoms with Crippen molar-refractivity contribution in [3.8, 4) is 17.6 Å². The van der Waals surface area contributed by atoms with Gasteiger partial charge in [-0.2, -0.15) is 5.26 Å². The smallest absolute Gasteiger partial charge is 0.146 e. The molecule has 18 heavy (non-hydrogen) atoms.